The Morgan fingerprint density at radius 3 is 2.19 bits per heavy atom. The van der Waals surface area contributed by atoms with Gasteiger partial charge in [-0.25, -0.2) is 4.79 Å². The Kier molecular flexibility index (Phi) is 6.67. The van der Waals surface area contributed by atoms with Crippen LogP contribution in [0.15, 0.2) is 0 Å². The molecular formula is C10H20N2O4. The van der Waals surface area contributed by atoms with Gasteiger partial charge in [0.25, 0.3) is 0 Å². The van der Waals surface area contributed by atoms with Gasteiger partial charge in [-0.15, -0.1) is 0 Å². The molecule has 4 N–H and O–H groups in total. The van der Waals surface area contributed by atoms with E-state index in [2.05, 4.69) is 10.6 Å². The second kappa shape index (κ2) is 7.19. The van der Waals surface area contributed by atoms with E-state index in [-0.39, 0.29) is 31.0 Å². The van der Waals surface area contributed by atoms with Crippen molar-refractivity contribution in [2.45, 2.75) is 32.9 Å². The number of carbonyl (C=O) groups excluding carboxylic acids is 1. The van der Waals surface area contributed by atoms with Gasteiger partial charge in [-0.3, -0.25) is 4.79 Å². The Bertz CT molecular complexity index is 243. The topological polar surface area (TPSA) is 98.7 Å². The molecule has 0 aliphatic carbocycles. The Hall–Kier alpha value is -1.14. The number of nitrogens with one attached hydrogen (secondary N) is 2. The van der Waals surface area contributed by atoms with Crippen LogP contribution >= 0.6 is 0 Å². The average molecular weight is 232 g/mol. The molecule has 6 heteroatoms. The first-order valence-electron chi connectivity index (χ1n) is 5.22. The second-order valence-electron chi connectivity index (χ2n) is 4.03. The fourth-order valence-corrected chi connectivity index (χ4v) is 1.23. The zero-order valence-corrected chi connectivity index (χ0v) is 9.86. The SMILES string of the molecule is CC(=O)NC(CN[C@H](CO)C(C)C)C(=O)O. The maximum atomic E-state index is 10.8. The van der Waals surface area contributed by atoms with Crippen LogP contribution in [0.1, 0.15) is 20.8 Å². The molecule has 0 aliphatic rings. The van der Waals surface area contributed by atoms with Gasteiger partial charge in [0.05, 0.1) is 6.61 Å². The van der Waals surface area contributed by atoms with Gasteiger partial charge in [0.15, 0.2) is 0 Å². The van der Waals surface area contributed by atoms with Crippen LogP contribution in [-0.4, -0.2) is 47.3 Å². The Morgan fingerprint density at radius 2 is 1.88 bits per heavy atom. The predicted molar refractivity (Wildman–Crippen MR) is 59.0 cm³/mol. The highest BCUT2D eigenvalue weighted by molar-refractivity contribution is 5.82. The molecule has 1 amide bonds. The summed E-state index contributed by atoms with van der Waals surface area (Å²) in [5.74, 6) is -1.29. The third-order valence-electron chi connectivity index (χ3n) is 2.26. The number of aliphatic carboxylic acids is 1. The number of carboxylic acid groups (broad SMARTS) is 1. The molecular weight excluding hydrogens is 212 g/mol. The molecule has 0 aromatic rings. The van der Waals surface area contributed by atoms with Gasteiger partial charge in [0, 0.05) is 19.5 Å². The lowest BCUT2D eigenvalue weighted by atomic mass is 10.1. The normalized spacial score (nSPS) is 14.6. The maximum absolute atomic E-state index is 10.8. The van der Waals surface area contributed by atoms with Crippen LogP contribution in [-0.2, 0) is 9.59 Å². The molecule has 0 radical (unpaired) electrons. The molecule has 0 fully saturated rings. The van der Waals surface area contributed by atoms with Crippen molar-refractivity contribution in [3.05, 3.63) is 0 Å². The van der Waals surface area contributed by atoms with Crippen molar-refractivity contribution in [1.29, 1.82) is 0 Å². The van der Waals surface area contributed by atoms with Crippen molar-refractivity contribution in [3.8, 4) is 0 Å². The van der Waals surface area contributed by atoms with E-state index in [0.29, 0.717) is 0 Å². The summed E-state index contributed by atoms with van der Waals surface area (Å²) in [5, 5.41) is 23.1. The van der Waals surface area contributed by atoms with Gasteiger partial charge in [-0.05, 0) is 5.92 Å². The van der Waals surface area contributed by atoms with Gasteiger partial charge < -0.3 is 20.8 Å². The number of hydrogen-bond acceptors (Lipinski definition) is 4. The van der Waals surface area contributed by atoms with E-state index >= 15 is 0 Å². The van der Waals surface area contributed by atoms with Gasteiger partial charge in [-0.2, -0.15) is 0 Å². The van der Waals surface area contributed by atoms with Crippen molar-refractivity contribution in [2.24, 2.45) is 5.92 Å². The van der Waals surface area contributed by atoms with E-state index in [9.17, 15) is 9.59 Å². The summed E-state index contributed by atoms with van der Waals surface area (Å²) in [7, 11) is 0. The van der Waals surface area contributed by atoms with Crippen LogP contribution < -0.4 is 10.6 Å². The lowest BCUT2D eigenvalue weighted by molar-refractivity contribution is -0.141. The zero-order chi connectivity index (χ0) is 12.7. The summed E-state index contributed by atoms with van der Waals surface area (Å²) in [5.41, 5.74) is 0. The van der Waals surface area contributed by atoms with Gasteiger partial charge >= 0.3 is 5.97 Å². The van der Waals surface area contributed by atoms with E-state index < -0.39 is 12.0 Å². The number of aliphatic hydroxyl groups excluding tert-OH is 1. The molecule has 2 atom stereocenters. The summed E-state index contributed by atoms with van der Waals surface area (Å²) >= 11 is 0. The molecule has 0 aliphatic heterocycles. The summed E-state index contributed by atoms with van der Waals surface area (Å²) in [6.07, 6.45) is 0. The van der Waals surface area contributed by atoms with Crippen LogP contribution in [0, 0.1) is 5.92 Å². The van der Waals surface area contributed by atoms with E-state index in [1.807, 2.05) is 13.8 Å². The predicted octanol–water partition coefficient (Wildman–Crippen LogP) is -0.818. The highest BCUT2D eigenvalue weighted by Crippen LogP contribution is 2.00. The first-order chi connectivity index (χ1) is 7.38. The molecule has 94 valence electrons. The number of hydrogen-bond donors (Lipinski definition) is 4. The zero-order valence-electron chi connectivity index (χ0n) is 9.86. The van der Waals surface area contributed by atoms with Crippen molar-refractivity contribution >= 4 is 11.9 Å². The minimum Gasteiger partial charge on any atom is -0.480 e. The summed E-state index contributed by atoms with van der Waals surface area (Å²) in [6.45, 7) is 5.13. The van der Waals surface area contributed by atoms with Gasteiger partial charge in [-0.1, -0.05) is 13.8 Å². The van der Waals surface area contributed by atoms with E-state index in [1.165, 1.54) is 6.92 Å². The van der Waals surface area contributed by atoms with E-state index in [0.717, 1.165) is 0 Å². The lowest BCUT2D eigenvalue weighted by Crippen LogP contribution is -2.50. The van der Waals surface area contributed by atoms with E-state index in [1.54, 1.807) is 0 Å². The second-order valence-corrected chi connectivity index (χ2v) is 4.03. The minimum atomic E-state index is -1.09. The summed E-state index contributed by atoms with van der Waals surface area (Å²) in [4.78, 5) is 21.5. The fraction of sp³-hybridized carbons (Fsp3) is 0.800. The number of carbonyl (C=O) groups is 2. The van der Waals surface area contributed by atoms with Crippen molar-refractivity contribution in [1.82, 2.24) is 10.6 Å². The molecule has 0 rings (SSSR count). The monoisotopic (exact) mass is 232 g/mol. The number of rotatable bonds is 7. The lowest BCUT2D eigenvalue weighted by Gasteiger charge is -2.22. The quantitative estimate of drug-likeness (QED) is 0.460. The van der Waals surface area contributed by atoms with Crippen molar-refractivity contribution < 1.29 is 19.8 Å². The Labute approximate surface area is 95.0 Å². The molecule has 0 heterocycles. The first kappa shape index (κ1) is 14.9. The molecule has 1 unspecified atom stereocenters. The summed E-state index contributed by atoms with van der Waals surface area (Å²) < 4.78 is 0. The fourth-order valence-electron chi connectivity index (χ4n) is 1.23. The van der Waals surface area contributed by atoms with E-state index in [4.69, 9.17) is 10.2 Å². The van der Waals surface area contributed by atoms with Crippen LogP contribution in [0.4, 0.5) is 0 Å². The smallest absolute Gasteiger partial charge is 0.327 e. The molecule has 16 heavy (non-hydrogen) atoms. The van der Waals surface area contributed by atoms with Crippen LogP contribution in [0.2, 0.25) is 0 Å². The molecule has 0 aromatic carbocycles. The first-order valence-corrected chi connectivity index (χ1v) is 5.22. The van der Waals surface area contributed by atoms with Crippen molar-refractivity contribution in [3.63, 3.8) is 0 Å². The van der Waals surface area contributed by atoms with Crippen LogP contribution in [0.25, 0.3) is 0 Å². The highest BCUT2D eigenvalue weighted by Gasteiger charge is 2.20. The standard InChI is InChI=1S/C10H20N2O4/c1-6(2)9(5-13)11-4-8(10(15)16)12-7(3)14/h6,8-9,11,13H,4-5H2,1-3H3,(H,12,14)(H,15,16)/t8?,9-/m1/s1. The molecule has 0 saturated heterocycles. The highest BCUT2D eigenvalue weighted by atomic mass is 16.4. The van der Waals surface area contributed by atoms with Gasteiger partial charge in [0.2, 0.25) is 5.91 Å². The van der Waals surface area contributed by atoms with Crippen LogP contribution in [0.3, 0.4) is 0 Å². The third-order valence-corrected chi connectivity index (χ3v) is 2.26. The Morgan fingerprint density at radius 1 is 1.31 bits per heavy atom. The maximum Gasteiger partial charge on any atom is 0.327 e. The molecule has 6 nitrogen and oxygen atoms in total. The average Bonchev–Trinajstić information content (AvgIpc) is 2.15. The third kappa shape index (κ3) is 5.67. The minimum absolute atomic E-state index is 0.0654. The molecule has 0 aromatic heterocycles. The Balaban J connectivity index is 4.20. The summed E-state index contributed by atoms with van der Waals surface area (Å²) in [6, 6.07) is -1.14. The number of aliphatic hydroxyl groups is 1. The number of carboxylic acids is 1. The van der Waals surface area contributed by atoms with Crippen molar-refractivity contribution in [2.75, 3.05) is 13.2 Å². The van der Waals surface area contributed by atoms with Crippen LogP contribution in [0.5, 0.6) is 0 Å². The molecule has 0 saturated carbocycles. The van der Waals surface area contributed by atoms with Gasteiger partial charge in [0.1, 0.15) is 6.04 Å². The number of amides is 1. The molecule has 0 bridgehead atoms. The molecule has 0 spiro atoms. The largest absolute Gasteiger partial charge is 0.480 e.